The average molecular weight is 310 g/mol. The number of ketones is 1. The zero-order valence-electron chi connectivity index (χ0n) is 11.9. The highest BCUT2D eigenvalue weighted by Gasteiger charge is 2.55. The Balaban J connectivity index is 2.13. The van der Waals surface area contributed by atoms with Crippen LogP contribution in [0.15, 0.2) is 21.9 Å². The molecule has 1 saturated carbocycles. The zero-order valence-corrected chi connectivity index (χ0v) is 11.9. The smallest absolute Gasteiger partial charge is 0.330 e. The van der Waals surface area contributed by atoms with Gasteiger partial charge in [-0.1, -0.05) is 0 Å². The lowest BCUT2D eigenvalue weighted by molar-refractivity contribution is -0.162. The van der Waals surface area contributed by atoms with Gasteiger partial charge in [0.25, 0.3) is 5.56 Å². The molecule has 0 spiro atoms. The minimum atomic E-state index is -1.36. The van der Waals surface area contributed by atoms with Crippen molar-refractivity contribution in [2.45, 2.75) is 43.6 Å². The van der Waals surface area contributed by atoms with Crippen LogP contribution in [0.4, 0.5) is 0 Å². The minimum absolute atomic E-state index is 0.0145. The first-order chi connectivity index (χ1) is 10.5. The molecule has 0 amide bonds. The molecule has 1 aliphatic carbocycles. The fourth-order valence-electron chi connectivity index (χ4n) is 3.53. The standard InChI is InChI=1S/C14H18N2O6/c17-7-11-10(19)6-14(22-11,8-2-1-3-9(8)18)16-5-4-12(20)15-13(16)21/h4-5,8,10-11,17,19H,1-3,6-7H2,(H,15,20,21)/t8?,10-,11+,14-/m0/s1. The van der Waals surface area contributed by atoms with Crippen LogP contribution in [0.25, 0.3) is 0 Å². The molecule has 2 fully saturated rings. The molecule has 0 aromatic carbocycles. The van der Waals surface area contributed by atoms with Crippen LogP contribution >= 0.6 is 0 Å². The van der Waals surface area contributed by atoms with E-state index in [0.29, 0.717) is 19.3 Å². The highest BCUT2D eigenvalue weighted by Crippen LogP contribution is 2.45. The maximum atomic E-state index is 12.2. The normalized spacial score (nSPS) is 35.2. The van der Waals surface area contributed by atoms with Gasteiger partial charge < -0.3 is 14.9 Å². The van der Waals surface area contributed by atoms with Crippen molar-refractivity contribution in [1.82, 2.24) is 9.55 Å². The summed E-state index contributed by atoms with van der Waals surface area (Å²) >= 11 is 0. The van der Waals surface area contributed by atoms with E-state index in [4.69, 9.17) is 4.74 Å². The van der Waals surface area contributed by atoms with Crippen molar-refractivity contribution in [3.05, 3.63) is 33.1 Å². The molecule has 8 heteroatoms. The molecular formula is C14H18N2O6. The molecule has 1 aromatic heterocycles. The van der Waals surface area contributed by atoms with E-state index < -0.39 is 41.7 Å². The average Bonchev–Trinajstić information content (AvgIpc) is 3.03. The first kappa shape index (κ1) is 15.1. The number of aliphatic hydroxyl groups is 2. The van der Waals surface area contributed by atoms with Gasteiger partial charge >= 0.3 is 5.69 Å². The monoisotopic (exact) mass is 310 g/mol. The van der Waals surface area contributed by atoms with Crippen LogP contribution in [0.3, 0.4) is 0 Å². The van der Waals surface area contributed by atoms with Crippen molar-refractivity contribution in [2.24, 2.45) is 5.92 Å². The van der Waals surface area contributed by atoms with Crippen LogP contribution in [-0.2, 0) is 15.3 Å². The number of rotatable bonds is 3. The van der Waals surface area contributed by atoms with Gasteiger partial charge in [-0.15, -0.1) is 0 Å². The second-order valence-corrected chi connectivity index (χ2v) is 5.85. The molecule has 120 valence electrons. The van der Waals surface area contributed by atoms with Crippen LogP contribution in [0.2, 0.25) is 0 Å². The Morgan fingerprint density at radius 2 is 2.18 bits per heavy atom. The van der Waals surface area contributed by atoms with Crippen LogP contribution in [0, 0.1) is 5.92 Å². The molecule has 0 bridgehead atoms. The molecule has 1 saturated heterocycles. The third-order valence-electron chi connectivity index (χ3n) is 4.55. The van der Waals surface area contributed by atoms with Crippen molar-refractivity contribution in [3.8, 4) is 0 Å². The van der Waals surface area contributed by atoms with E-state index in [0.717, 1.165) is 0 Å². The van der Waals surface area contributed by atoms with Crippen molar-refractivity contribution < 1.29 is 19.7 Å². The number of aromatic nitrogens is 2. The number of aromatic amines is 1. The maximum Gasteiger partial charge on any atom is 0.330 e. The van der Waals surface area contributed by atoms with E-state index in [-0.39, 0.29) is 12.2 Å². The second-order valence-electron chi connectivity index (χ2n) is 5.85. The van der Waals surface area contributed by atoms with Crippen molar-refractivity contribution in [1.29, 1.82) is 0 Å². The fraction of sp³-hybridized carbons (Fsp3) is 0.643. The van der Waals surface area contributed by atoms with Gasteiger partial charge in [0.1, 0.15) is 11.9 Å². The van der Waals surface area contributed by atoms with E-state index in [1.807, 2.05) is 0 Å². The highest BCUT2D eigenvalue weighted by atomic mass is 16.6. The first-order valence-corrected chi connectivity index (χ1v) is 7.30. The summed E-state index contributed by atoms with van der Waals surface area (Å²) in [5.41, 5.74) is -2.61. The Bertz CT molecular complexity index is 695. The lowest BCUT2D eigenvalue weighted by Crippen LogP contribution is -2.50. The summed E-state index contributed by atoms with van der Waals surface area (Å²) in [7, 11) is 0. The summed E-state index contributed by atoms with van der Waals surface area (Å²) in [5, 5.41) is 19.4. The summed E-state index contributed by atoms with van der Waals surface area (Å²) in [6, 6.07) is 1.17. The summed E-state index contributed by atoms with van der Waals surface area (Å²) < 4.78 is 6.96. The summed E-state index contributed by atoms with van der Waals surface area (Å²) in [6.45, 7) is -0.415. The molecule has 2 aliphatic rings. The third kappa shape index (κ3) is 2.23. The van der Waals surface area contributed by atoms with Gasteiger partial charge in [-0.3, -0.25) is 19.1 Å². The van der Waals surface area contributed by atoms with Gasteiger partial charge in [0.15, 0.2) is 5.72 Å². The first-order valence-electron chi connectivity index (χ1n) is 7.30. The van der Waals surface area contributed by atoms with E-state index in [9.17, 15) is 24.6 Å². The van der Waals surface area contributed by atoms with Crippen molar-refractivity contribution in [3.63, 3.8) is 0 Å². The predicted molar refractivity (Wildman–Crippen MR) is 74.2 cm³/mol. The second kappa shape index (κ2) is 5.45. The zero-order chi connectivity index (χ0) is 15.9. The Morgan fingerprint density at radius 1 is 1.41 bits per heavy atom. The van der Waals surface area contributed by atoms with E-state index in [1.54, 1.807) is 0 Å². The maximum absolute atomic E-state index is 12.2. The number of hydrogen-bond acceptors (Lipinski definition) is 6. The summed E-state index contributed by atoms with van der Waals surface area (Å²) in [4.78, 5) is 37.8. The number of carbonyl (C=O) groups excluding carboxylic acids is 1. The Labute approximate surface area is 125 Å². The third-order valence-corrected chi connectivity index (χ3v) is 4.55. The quantitative estimate of drug-likeness (QED) is 0.638. The minimum Gasteiger partial charge on any atom is -0.394 e. The fourth-order valence-corrected chi connectivity index (χ4v) is 3.53. The Kier molecular flexibility index (Phi) is 3.75. The van der Waals surface area contributed by atoms with Gasteiger partial charge in [-0.2, -0.15) is 0 Å². The van der Waals surface area contributed by atoms with E-state index in [2.05, 4.69) is 4.98 Å². The van der Waals surface area contributed by atoms with Crippen molar-refractivity contribution in [2.75, 3.05) is 6.61 Å². The molecule has 2 heterocycles. The number of carbonyl (C=O) groups is 1. The number of hydrogen-bond donors (Lipinski definition) is 3. The largest absolute Gasteiger partial charge is 0.394 e. The Morgan fingerprint density at radius 3 is 2.73 bits per heavy atom. The number of ether oxygens (including phenoxy) is 1. The SMILES string of the molecule is O=C1CCCC1[C@]1(n2ccc(=O)[nH]c2=O)C[C@H](O)[C@@H](CO)O1. The Hall–Kier alpha value is -1.77. The van der Waals surface area contributed by atoms with E-state index in [1.165, 1.54) is 16.8 Å². The van der Waals surface area contributed by atoms with Gasteiger partial charge in [-0.05, 0) is 12.8 Å². The molecule has 1 aromatic rings. The lowest BCUT2D eigenvalue weighted by Gasteiger charge is -2.35. The number of nitrogens with zero attached hydrogens (tertiary/aromatic N) is 1. The summed E-state index contributed by atoms with van der Waals surface area (Å²) in [5.74, 6) is -0.619. The number of nitrogens with one attached hydrogen (secondary N) is 1. The number of Topliss-reactive ketones (excluding diaryl/α,β-unsaturated/α-hetero) is 1. The van der Waals surface area contributed by atoms with Gasteiger partial charge in [0.2, 0.25) is 0 Å². The number of H-pyrrole nitrogens is 1. The topological polar surface area (TPSA) is 122 Å². The molecule has 22 heavy (non-hydrogen) atoms. The van der Waals surface area contributed by atoms with Crippen LogP contribution in [0.5, 0.6) is 0 Å². The molecule has 0 radical (unpaired) electrons. The van der Waals surface area contributed by atoms with Gasteiger partial charge in [-0.25, -0.2) is 4.79 Å². The molecule has 4 atom stereocenters. The van der Waals surface area contributed by atoms with Crippen molar-refractivity contribution >= 4 is 5.78 Å². The molecule has 3 rings (SSSR count). The lowest BCUT2D eigenvalue weighted by atomic mass is 9.89. The predicted octanol–water partition coefficient (Wildman–Crippen LogP) is -1.30. The number of aliphatic hydroxyl groups excluding tert-OH is 2. The highest BCUT2D eigenvalue weighted by molar-refractivity contribution is 5.83. The van der Waals surface area contributed by atoms with Crippen LogP contribution < -0.4 is 11.2 Å². The van der Waals surface area contributed by atoms with Crippen LogP contribution in [-0.4, -0.2) is 44.4 Å². The molecular weight excluding hydrogens is 292 g/mol. The van der Waals surface area contributed by atoms with Gasteiger partial charge in [0, 0.05) is 25.1 Å². The molecule has 3 N–H and O–H groups in total. The van der Waals surface area contributed by atoms with Crippen LogP contribution in [0.1, 0.15) is 25.7 Å². The van der Waals surface area contributed by atoms with E-state index >= 15 is 0 Å². The molecule has 1 aliphatic heterocycles. The molecule has 8 nitrogen and oxygen atoms in total. The summed E-state index contributed by atoms with van der Waals surface area (Å²) in [6.07, 6.45) is 1.06. The van der Waals surface area contributed by atoms with Gasteiger partial charge in [0.05, 0.1) is 18.6 Å². The molecule has 1 unspecified atom stereocenters.